The Hall–Kier alpha value is -2.37. The fourth-order valence-electron chi connectivity index (χ4n) is 3.94. The van der Waals surface area contributed by atoms with E-state index in [1.165, 1.54) is 7.11 Å². The molecule has 0 amide bonds. The van der Waals surface area contributed by atoms with E-state index in [0.29, 0.717) is 22.4 Å². The second-order valence-corrected chi connectivity index (χ2v) is 8.05. The molecule has 5 nitrogen and oxygen atoms in total. The maximum Gasteiger partial charge on any atom is 0.310 e. The molecule has 4 rings (SSSR count). The van der Waals surface area contributed by atoms with Gasteiger partial charge in [0.25, 0.3) is 0 Å². The van der Waals surface area contributed by atoms with E-state index in [1.54, 1.807) is 6.07 Å². The maximum atomic E-state index is 12.1. The Morgan fingerprint density at radius 2 is 2.00 bits per heavy atom. The minimum Gasteiger partial charge on any atom is -0.469 e. The number of halogens is 2. The van der Waals surface area contributed by atoms with E-state index in [2.05, 4.69) is 9.88 Å². The van der Waals surface area contributed by atoms with E-state index >= 15 is 0 Å². The van der Waals surface area contributed by atoms with Gasteiger partial charge in [0.15, 0.2) is 0 Å². The molecule has 1 atom stereocenters. The van der Waals surface area contributed by atoms with Crippen LogP contribution in [-0.2, 0) is 9.53 Å². The number of ether oxygens (including phenoxy) is 1. The molecule has 0 N–H and O–H groups in total. The first-order valence-corrected chi connectivity index (χ1v) is 10.3. The van der Waals surface area contributed by atoms with Gasteiger partial charge in [-0.3, -0.25) is 4.79 Å². The molecule has 0 saturated carbocycles. The second kappa shape index (κ2) is 8.17. The van der Waals surface area contributed by atoms with Crippen LogP contribution in [0.4, 0.5) is 5.82 Å². The van der Waals surface area contributed by atoms with Gasteiger partial charge in [-0.2, -0.15) is 0 Å². The van der Waals surface area contributed by atoms with Crippen LogP contribution in [0.3, 0.4) is 0 Å². The Labute approximate surface area is 179 Å². The minimum absolute atomic E-state index is 0.156. The highest BCUT2D eigenvalue weighted by Gasteiger charge is 2.29. The van der Waals surface area contributed by atoms with Crippen LogP contribution in [0.1, 0.15) is 18.7 Å². The van der Waals surface area contributed by atoms with Crippen LogP contribution in [0.2, 0.25) is 10.0 Å². The van der Waals surface area contributed by atoms with Crippen LogP contribution < -0.4 is 4.90 Å². The third-order valence-corrected chi connectivity index (χ3v) is 6.04. The van der Waals surface area contributed by atoms with Crippen LogP contribution in [0.15, 0.2) is 36.4 Å². The van der Waals surface area contributed by atoms with Crippen molar-refractivity contribution in [3.8, 4) is 11.1 Å². The molecule has 2 heterocycles. The predicted octanol–water partition coefficient (Wildman–Crippen LogP) is 5.30. The molecule has 7 heteroatoms. The highest BCUT2D eigenvalue weighted by atomic mass is 35.5. The summed E-state index contributed by atoms with van der Waals surface area (Å²) in [5.41, 5.74) is 2.78. The Bertz CT molecular complexity index is 1090. The van der Waals surface area contributed by atoms with Crippen molar-refractivity contribution in [2.24, 2.45) is 5.92 Å². The van der Waals surface area contributed by atoms with E-state index in [1.807, 2.05) is 37.3 Å². The Kier molecular flexibility index (Phi) is 5.61. The van der Waals surface area contributed by atoms with E-state index in [9.17, 15) is 4.79 Å². The van der Waals surface area contributed by atoms with Gasteiger partial charge >= 0.3 is 5.97 Å². The average molecular weight is 430 g/mol. The van der Waals surface area contributed by atoms with Crippen molar-refractivity contribution in [2.45, 2.75) is 19.8 Å². The molecular weight excluding hydrogens is 409 g/mol. The van der Waals surface area contributed by atoms with Crippen molar-refractivity contribution in [2.75, 3.05) is 25.1 Å². The van der Waals surface area contributed by atoms with E-state index in [4.69, 9.17) is 32.9 Å². The minimum atomic E-state index is -0.172. The zero-order chi connectivity index (χ0) is 20.5. The number of rotatable bonds is 3. The lowest BCUT2D eigenvalue weighted by Gasteiger charge is -2.33. The molecule has 0 bridgehead atoms. The first-order valence-electron chi connectivity index (χ1n) is 9.53. The quantitative estimate of drug-likeness (QED) is 0.528. The van der Waals surface area contributed by atoms with Gasteiger partial charge in [0.1, 0.15) is 11.6 Å². The van der Waals surface area contributed by atoms with Gasteiger partial charge in [-0.1, -0.05) is 41.4 Å². The van der Waals surface area contributed by atoms with Crippen LogP contribution in [0.25, 0.3) is 22.0 Å². The molecule has 3 aromatic rings. The lowest BCUT2D eigenvalue weighted by Crippen LogP contribution is -2.39. The number of anilines is 1. The van der Waals surface area contributed by atoms with Gasteiger partial charge < -0.3 is 9.64 Å². The van der Waals surface area contributed by atoms with E-state index < -0.39 is 0 Å². The smallest absolute Gasteiger partial charge is 0.310 e. The molecule has 1 saturated heterocycles. The van der Waals surface area contributed by atoms with Crippen molar-refractivity contribution < 1.29 is 9.53 Å². The topological polar surface area (TPSA) is 55.3 Å². The monoisotopic (exact) mass is 429 g/mol. The summed E-state index contributed by atoms with van der Waals surface area (Å²) < 4.78 is 4.98. The number of fused-ring (bicyclic) bond motifs is 1. The second-order valence-electron chi connectivity index (χ2n) is 7.23. The summed E-state index contributed by atoms with van der Waals surface area (Å²) in [7, 11) is 1.44. The molecule has 1 aliphatic rings. The standard InChI is InChI=1S/C22H21Cl2N3O2/c1-13-25-19-7-3-6-16(14-8-9-17(23)18(24)11-14)20(19)21(26-13)27-10-4-5-15(12-27)22(28)29-2/h3,6-9,11,15H,4-5,10,12H2,1-2H3. The number of esters is 1. The molecule has 1 aliphatic heterocycles. The highest BCUT2D eigenvalue weighted by molar-refractivity contribution is 6.42. The van der Waals surface area contributed by atoms with Crippen LogP contribution in [0.5, 0.6) is 0 Å². The summed E-state index contributed by atoms with van der Waals surface area (Å²) in [5, 5.41) is 1.96. The van der Waals surface area contributed by atoms with Gasteiger partial charge in [0.2, 0.25) is 0 Å². The summed E-state index contributed by atoms with van der Waals surface area (Å²) in [6.07, 6.45) is 1.73. The molecule has 1 fully saturated rings. The first-order chi connectivity index (χ1) is 14.0. The molecule has 150 valence electrons. The molecule has 2 aromatic carbocycles. The Balaban J connectivity index is 1.87. The molecular formula is C22H21Cl2N3O2. The number of piperidine rings is 1. The van der Waals surface area contributed by atoms with Crippen LogP contribution >= 0.6 is 23.2 Å². The highest BCUT2D eigenvalue weighted by Crippen LogP contribution is 2.37. The molecule has 29 heavy (non-hydrogen) atoms. The zero-order valence-electron chi connectivity index (χ0n) is 16.3. The summed E-state index contributed by atoms with van der Waals surface area (Å²) in [6, 6.07) is 11.6. The van der Waals surface area contributed by atoms with E-state index in [-0.39, 0.29) is 11.9 Å². The molecule has 1 aromatic heterocycles. The Morgan fingerprint density at radius 1 is 1.17 bits per heavy atom. The average Bonchev–Trinajstić information content (AvgIpc) is 2.74. The number of aromatic nitrogens is 2. The van der Waals surface area contributed by atoms with Gasteiger partial charge in [-0.25, -0.2) is 9.97 Å². The van der Waals surface area contributed by atoms with Crippen LogP contribution in [0, 0.1) is 12.8 Å². The first kappa shape index (κ1) is 19.9. The molecule has 0 radical (unpaired) electrons. The lowest BCUT2D eigenvalue weighted by atomic mass is 9.96. The van der Waals surface area contributed by atoms with Gasteiger partial charge in [0, 0.05) is 13.1 Å². The van der Waals surface area contributed by atoms with Gasteiger partial charge in [-0.15, -0.1) is 0 Å². The fourth-order valence-corrected chi connectivity index (χ4v) is 4.24. The third kappa shape index (κ3) is 3.89. The molecule has 0 spiro atoms. The van der Waals surface area contributed by atoms with Crippen molar-refractivity contribution in [1.82, 2.24) is 9.97 Å². The lowest BCUT2D eigenvalue weighted by molar-refractivity contribution is -0.145. The summed E-state index contributed by atoms with van der Waals surface area (Å²) >= 11 is 12.4. The number of aryl methyl sites for hydroxylation is 1. The molecule has 1 unspecified atom stereocenters. The van der Waals surface area contributed by atoms with Crippen LogP contribution in [-0.4, -0.2) is 36.1 Å². The zero-order valence-corrected chi connectivity index (χ0v) is 17.8. The number of hydrogen-bond acceptors (Lipinski definition) is 5. The Morgan fingerprint density at radius 3 is 2.76 bits per heavy atom. The van der Waals surface area contributed by atoms with Crippen molar-refractivity contribution >= 4 is 45.9 Å². The van der Waals surface area contributed by atoms with Crippen molar-refractivity contribution in [1.29, 1.82) is 0 Å². The van der Waals surface area contributed by atoms with Crippen molar-refractivity contribution in [3.63, 3.8) is 0 Å². The largest absolute Gasteiger partial charge is 0.469 e. The summed E-state index contributed by atoms with van der Waals surface area (Å²) in [5.74, 6) is 1.20. The number of hydrogen-bond donors (Lipinski definition) is 0. The number of carbonyl (C=O) groups excluding carboxylic acids is 1. The van der Waals surface area contributed by atoms with E-state index in [0.717, 1.165) is 47.2 Å². The summed E-state index contributed by atoms with van der Waals surface area (Å²) in [4.78, 5) is 23.7. The van der Waals surface area contributed by atoms with Gasteiger partial charge in [-0.05, 0) is 49.1 Å². The van der Waals surface area contributed by atoms with Crippen molar-refractivity contribution in [3.05, 3.63) is 52.3 Å². The molecule has 0 aliphatic carbocycles. The SMILES string of the molecule is COC(=O)C1CCCN(c2nc(C)nc3cccc(-c4ccc(Cl)c(Cl)c4)c23)C1. The number of nitrogens with zero attached hydrogens (tertiary/aromatic N) is 3. The number of carbonyl (C=O) groups is 1. The maximum absolute atomic E-state index is 12.1. The normalized spacial score (nSPS) is 16.8. The third-order valence-electron chi connectivity index (χ3n) is 5.30. The fraction of sp³-hybridized carbons (Fsp3) is 0.318. The number of benzene rings is 2. The number of methoxy groups -OCH3 is 1. The summed E-state index contributed by atoms with van der Waals surface area (Å²) in [6.45, 7) is 3.29. The predicted molar refractivity (Wildman–Crippen MR) is 117 cm³/mol. The van der Waals surface area contributed by atoms with Gasteiger partial charge in [0.05, 0.1) is 34.0 Å².